The van der Waals surface area contributed by atoms with Gasteiger partial charge in [-0.2, -0.15) is 0 Å². The van der Waals surface area contributed by atoms with Gasteiger partial charge in [0.2, 0.25) is 0 Å². The van der Waals surface area contributed by atoms with Gasteiger partial charge in [0.1, 0.15) is 17.8 Å². The van der Waals surface area contributed by atoms with E-state index < -0.39 is 0 Å². The third-order valence-electron chi connectivity index (χ3n) is 5.61. The Bertz CT molecular complexity index is 1020. The first-order chi connectivity index (χ1) is 14.0. The van der Waals surface area contributed by atoms with E-state index >= 15 is 0 Å². The number of ketones is 1. The predicted octanol–water partition coefficient (Wildman–Crippen LogP) is 3.35. The fraction of sp³-hybridized carbons (Fsp3) is 0.391. The summed E-state index contributed by atoms with van der Waals surface area (Å²) in [4.78, 5) is 17.4. The number of hydrogen-bond acceptors (Lipinski definition) is 5. The first-order valence-electron chi connectivity index (χ1n) is 10.1. The van der Waals surface area contributed by atoms with E-state index in [1.54, 1.807) is 12.4 Å². The monoisotopic (exact) mass is 390 g/mol. The van der Waals surface area contributed by atoms with Crippen molar-refractivity contribution in [3.8, 4) is 0 Å². The Kier molecular flexibility index (Phi) is 5.53. The Balaban J connectivity index is 1.48. The van der Waals surface area contributed by atoms with Crippen molar-refractivity contribution < 1.29 is 9.90 Å². The van der Waals surface area contributed by atoms with Crippen LogP contribution in [0.2, 0.25) is 0 Å². The fourth-order valence-corrected chi connectivity index (χ4v) is 3.67. The van der Waals surface area contributed by atoms with Gasteiger partial charge in [0.05, 0.1) is 6.61 Å². The molecule has 0 saturated heterocycles. The minimum atomic E-state index is -0.0290. The Morgan fingerprint density at radius 1 is 1.28 bits per heavy atom. The van der Waals surface area contributed by atoms with Crippen LogP contribution >= 0.6 is 0 Å². The molecule has 1 atom stereocenters. The summed E-state index contributed by atoms with van der Waals surface area (Å²) in [7, 11) is 1.95. The molecule has 3 aromatic rings. The number of carbonyl (C=O) groups is 1. The van der Waals surface area contributed by atoms with Gasteiger partial charge < -0.3 is 9.67 Å². The van der Waals surface area contributed by atoms with Crippen molar-refractivity contribution >= 4 is 5.78 Å². The van der Waals surface area contributed by atoms with Crippen molar-refractivity contribution in [3.05, 3.63) is 76.6 Å². The van der Waals surface area contributed by atoms with E-state index in [1.165, 1.54) is 5.56 Å². The second-order valence-corrected chi connectivity index (χ2v) is 7.98. The summed E-state index contributed by atoms with van der Waals surface area (Å²) in [5.74, 6) is 1.63. The highest BCUT2D eigenvalue weighted by atomic mass is 16.3. The van der Waals surface area contributed by atoms with E-state index in [0.717, 1.165) is 41.9 Å². The van der Waals surface area contributed by atoms with Crippen LogP contribution in [0.15, 0.2) is 42.7 Å². The lowest BCUT2D eigenvalue weighted by Gasteiger charge is -2.13. The topological polar surface area (TPSA) is 80.9 Å². The van der Waals surface area contributed by atoms with Gasteiger partial charge >= 0.3 is 0 Å². The van der Waals surface area contributed by atoms with E-state index in [2.05, 4.69) is 34.2 Å². The average Bonchev–Trinajstić information content (AvgIpc) is 3.51. The van der Waals surface area contributed by atoms with Gasteiger partial charge in [0, 0.05) is 31.5 Å². The molecular weight excluding hydrogens is 364 g/mol. The molecule has 1 N–H and O–H groups in total. The van der Waals surface area contributed by atoms with Gasteiger partial charge in [-0.1, -0.05) is 37.3 Å². The summed E-state index contributed by atoms with van der Waals surface area (Å²) in [5, 5.41) is 17.6. The molecule has 2 aromatic heterocycles. The van der Waals surface area contributed by atoms with E-state index in [-0.39, 0.29) is 18.3 Å². The maximum Gasteiger partial charge on any atom is 0.185 e. The zero-order chi connectivity index (χ0) is 20.4. The van der Waals surface area contributed by atoms with Crippen LogP contribution in [0, 0.1) is 0 Å². The van der Waals surface area contributed by atoms with Crippen LogP contribution in [-0.2, 0) is 26.5 Å². The fourth-order valence-electron chi connectivity index (χ4n) is 3.67. The molecule has 1 aliphatic carbocycles. The van der Waals surface area contributed by atoms with E-state index in [0.29, 0.717) is 18.0 Å². The summed E-state index contributed by atoms with van der Waals surface area (Å²) in [6.45, 7) is 2.13. The Labute approximate surface area is 170 Å². The summed E-state index contributed by atoms with van der Waals surface area (Å²) >= 11 is 0. The molecule has 1 saturated carbocycles. The van der Waals surface area contributed by atoms with Crippen LogP contribution in [0.5, 0.6) is 0 Å². The average molecular weight is 390 g/mol. The van der Waals surface area contributed by atoms with Crippen molar-refractivity contribution in [2.75, 3.05) is 0 Å². The molecule has 6 heteroatoms. The zero-order valence-electron chi connectivity index (χ0n) is 16.9. The lowest BCUT2D eigenvalue weighted by Crippen LogP contribution is -2.10. The third kappa shape index (κ3) is 4.43. The molecule has 6 nitrogen and oxygen atoms in total. The normalized spacial score (nSPS) is 14.7. The number of hydrogen-bond donors (Lipinski definition) is 1. The van der Waals surface area contributed by atoms with E-state index in [1.807, 2.05) is 29.8 Å². The highest BCUT2D eigenvalue weighted by Crippen LogP contribution is 2.40. The lowest BCUT2D eigenvalue weighted by atomic mass is 9.94. The van der Waals surface area contributed by atoms with Crippen molar-refractivity contribution in [3.63, 3.8) is 0 Å². The molecule has 0 aliphatic heterocycles. The standard InChI is InChI=1S/C23H26N4O2/c1-15(10-22-26-24-14-27(22)2)18-5-3-4-16(11-18)12-21(29)20-9-8-19(13-28)23(25-20)17-6-7-17/h3-5,8-9,11,14-15,17,28H,6-7,10,12-13H2,1-2H3/t15-/m1/s1. The molecule has 1 aromatic carbocycles. The number of Topliss-reactive ketones (excluding diaryl/α,β-unsaturated/α-hetero) is 1. The van der Waals surface area contributed by atoms with Gasteiger partial charge in [-0.15, -0.1) is 10.2 Å². The molecule has 0 bridgehead atoms. The number of aliphatic hydroxyl groups is 1. The Morgan fingerprint density at radius 3 is 2.79 bits per heavy atom. The number of aryl methyl sites for hydroxylation is 1. The molecule has 29 heavy (non-hydrogen) atoms. The SMILES string of the molecule is C[C@H](Cc1nncn1C)c1cccc(CC(=O)c2ccc(CO)c(C3CC3)n2)c1. The van der Waals surface area contributed by atoms with Gasteiger partial charge in [0.15, 0.2) is 5.78 Å². The summed E-state index contributed by atoms with van der Waals surface area (Å²) in [5.41, 5.74) is 4.38. The van der Waals surface area contributed by atoms with Crippen molar-refractivity contribution in [2.24, 2.45) is 7.05 Å². The predicted molar refractivity (Wildman–Crippen MR) is 110 cm³/mol. The van der Waals surface area contributed by atoms with E-state index in [4.69, 9.17) is 0 Å². The molecule has 150 valence electrons. The van der Waals surface area contributed by atoms with Crippen LogP contribution in [-0.4, -0.2) is 30.6 Å². The number of benzene rings is 1. The number of nitrogens with zero attached hydrogens (tertiary/aromatic N) is 4. The summed E-state index contributed by atoms with van der Waals surface area (Å²) in [6, 6.07) is 11.8. The molecular formula is C23H26N4O2. The third-order valence-corrected chi connectivity index (χ3v) is 5.61. The molecule has 1 fully saturated rings. The minimum absolute atomic E-state index is 0.00879. The van der Waals surface area contributed by atoms with Gasteiger partial charge in [-0.05, 0) is 41.5 Å². The van der Waals surface area contributed by atoms with Crippen molar-refractivity contribution in [1.82, 2.24) is 19.7 Å². The summed E-state index contributed by atoms with van der Waals surface area (Å²) in [6.07, 6.45) is 5.00. The van der Waals surface area contributed by atoms with Crippen molar-refractivity contribution in [1.29, 1.82) is 0 Å². The number of pyridine rings is 1. The quantitative estimate of drug-likeness (QED) is 0.597. The maximum absolute atomic E-state index is 12.8. The highest BCUT2D eigenvalue weighted by molar-refractivity contribution is 5.95. The second kappa shape index (κ2) is 8.25. The number of rotatable bonds is 8. The number of aliphatic hydroxyl groups excluding tert-OH is 1. The molecule has 0 spiro atoms. The largest absolute Gasteiger partial charge is 0.392 e. The second-order valence-electron chi connectivity index (χ2n) is 7.98. The van der Waals surface area contributed by atoms with E-state index in [9.17, 15) is 9.90 Å². The van der Waals surface area contributed by atoms with Gasteiger partial charge in [-0.3, -0.25) is 4.79 Å². The number of aromatic nitrogens is 4. The van der Waals surface area contributed by atoms with Crippen LogP contribution < -0.4 is 0 Å². The first kappa shape index (κ1) is 19.5. The van der Waals surface area contributed by atoms with Crippen LogP contribution in [0.3, 0.4) is 0 Å². The zero-order valence-corrected chi connectivity index (χ0v) is 16.9. The smallest absolute Gasteiger partial charge is 0.185 e. The van der Waals surface area contributed by atoms with Crippen LogP contribution in [0.1, 0.15) is 70.3 Å². The molecule has 2 heterocycles. The van der Waals surface area contributed by atoms with Crippen LogP contribution in [0.25, 0.3) is 0 Å². The Hall–Kier alpha value is -2.86. The molecule has 4 rings (SSSR count). The minimum Gasteiger partial charge on any atom is -0.392 e. The Morgan fingerprint density at radius 2 is 2.10 bits per heavy atom. The molecule has 0 unspecified atom stereocenters. The molecule has 0 radical (unpaired) electrons. The van der Waals surface area contributed by atoms with Gasteiger partial charge in [0.25, 0.3) is 0 Å². The van der Waals surface area contributed by atoms with Gasteiger partial charge in [-0.25, -0.2) is 4.98 Å². The number of carbonyl (C=O) groups excluding carboxylic acids is 1. The van der Waals surface area contributed by atoms with Crippen molar-refractivity contribution in [2.45, 2.75) is 51.0 Å². The molecule has 1 aliphatic rings. The summed E-state index contributed by atoms with van der Waals surface area (Å²) < 4.78 is 1.93. The van der Waals surface area contributed by atoms with Crippen LogP contribution in [0.4, 0.5) is 0 Å². The highest BCUT2D eigenvalue weighted by Gasteiger charge is 2.28. The molecule has 0 amide bonds. The maximum atomic E-state index is 12.8. The lowest BCUT2D eigenvalue weighted by molar-refractivity contribution is 0.0988. The first-order valence-corrected chi connectivity index (χ1v) is 10.1.